The van der Waals surface area contributed by atoms with Gasteiger partial charge in [0, 0.05) is 18.6 Å². The molecule has 24 heavy (non-hydrogen) atoms. The Morgan fingerprint density at radius 3 is 2.83 bits per heavy atom. The third kappa shape index (κ3) is 2.98. The minimum Gasteiger partial charge on any atom is -0.373 e. The Hall–Kier alpha value is -1.39. The van der Waals surface area contributed by atoms with Crippen LogP contribution in [0.2, 0.25) is 0 Å². The molecule has 2 saturated heterocycles. The molecule has 0 bridgehead atoms. The molecule has 3 heterocycles. The van der Waals surface area contributed by atoms with Gasteiger partial charge in [0.2, 0.25) is 5.91 Å². The number of nitrogens with zero attached hydrogens (tertiary/aromatic N) is 2. The predicted molar refractivity (Wildman–Crippen MR) is 93.8 cm³/mol. The van der Waals surface area contributed by atoms with Crippen LogP contribution in [0.25, 0.3) is 0 Å². The Kier molecular flexibility index (Phi) is 4.59. The zero-order valence-electron chi connectivity index (χ0n) is 14.6. The summed E-state index contributed by atoms with van der Waals surface area (Å²) in [5, 5.41) is 0. The number of rotatable bonds is 3. The van der Waals surface area contributed by atoms with Gasteiger partial charge in [0.15, 0.2) is 0 Å². The van der Waals surface area contributed by atoms with Crippen LogP contribution in [0, 0.1) is 0 Å². The van der Waals surface area contributed by atoms with Crippen LogP contribution >= 0.6 is 0 Å². The lowest BCUT2D eigenvalue weighted by atomic mass is 9.95. The molecule has 0 saturated carbocycles. The van der Waals surface area contributed by atoms with Crippen molar-refractivity contribution in [1.29, 1.82) is 0 Å². The minimum atomic E-state index is -0.0690. The number of ether oxygens (including phenoxy) is 1. The van der Waals surface area contributed by atoms with Crippen molar-refractivity contribution >= 4 is 5.91 Å². The zero-order valence-corrected chi connectivity index (χ0v) is 14.6. The molecule has 1 aromatic rings. The summed E-state index contributed by atoms with van der Waals surface area (Å²) < 4.78 is 5.94. The molecule has 4 nitrogen and oxygen atoms in total. The molecule has 0 aliphatic carbocycles. The molecule has 3 aliphatic rings. The van der Waals surface area contributed by atoms with Gasteiger partial charge in [0.25, 0.3) is 0 Å². The van der Waals surface area contributed by atoms with E-state index in [9.17, 15) is 4.79 Å². The van der Waals surface area contributed by atoms with Gasteiger partial charge in [0.05, 0.1) is 19.1 Å². The average Bonchev–Trinajstić information content (AvgIpc) is 3.24. The van der Waals surface area contributed by atoms with E-state index in [-0.39, 0.29) is 12.0 Å². The smallest absolute Gasteiger partial charge is 0.225 e. The van der Waals surface area contributed by atoms with Crippen molar-refractivity contribution in [2.75, 3.05) is 26.2 Å². The van der Waals surface area contributed by atoms with Crippen LogP contribution in [0.1, 0.15) is 49.8 Å². The van der Waals surface area contributed by atoms with E-state index in [1.807, 2.05) is 6.07 Å². The molecule has 0 aromatic heterocycles. The molecule has 2 fully saturated rings. The van der Waals surface area contributed by atoms with Crippen molar-refractivity contribution in [2.45, 2.75) is 57.2 Å². The van der Waals surface area contributed by atoms with Gasteiger partial charge in [-0.05, 0) is 56.8 Å². The maximum atomic E-state index is 12.9. The van der Waals surface area contributed by atoms with Gasteiger partial charge in [-0.15, -0.1) is 0 Å². The highest BCUT2D eigenvalue weighted by atomic mass is 16.5. The summed E-state index contributed by atoms with van der Waals surface area (Å²) in [6.07, 6.45) is 5.11. The van der Waals surface area contributed by atoms with Gasteiger partial charge >= 0.3 is 0 Å². The van der Waals surface area contributed by atoms with Gasteiger partial charge in [-0.2, -0.15) is 0 Å². The number of carbonyl (C=O) groups excluding carboxylic acids is 1. The molecular weight excluding hydrogens is 300 g/mol. The number of fused-ring (bicyclic) bond motifs is 1. The highest BCUT2D eigenvalue weighted by Gasteiger charge is 2.38. The first-order chi connectivity index (χ1) is 11.7. The molecule has 0 radical (unpaired) electrons. The Morgan fingerprint density at radius 1 is 1.21 bits per heavy atom. The third-order valence-corrected chi connectivity index (χ3v) is 6.10. The topological polar surface area (TPSA) is 32.8 Å². The maximum absolute atomic E-state index is 12.9. The van der Waals surface area contributed by atoms with Gasteiger partial charge < -0.3 is 9.64 Å². The van der Waals surface area contributed by atoms with Crippen LogP contribution < -0.4 is 0 Å². The predicted octanol–water partition coefficient (Wildman–Crippen LogP) is 2.78. The van der Waals surface area contributed by atoms with E-state index in [1.54, 1.807) is 0 Å². The second-order valence-electron chi connectivity index (χ2n) is 7.44. The molecule has 130 valence electrons. The molecule has 3 atom stereocenters. The number of likely N-dealkylation sites (tertiary alicyclic amines) is 2. The first-order valence-corrected chi connectivity index (χ1v) is 9.47. The van der Waals surface area contributed by atoms with E-state index >= 15 is 0 Å². The Morgan fingerprint density at radius 2 is 2.00 bits per heavy atom. The number of benzene rings is 1. The van der Waals surface area contributed by atoms with Gasteiger partial charge in [0.1, 0.15) is 0 Å². The molecule has 1 amide bonds. The summed E-state index contributed by atoms with van der Waals surface area (Å²) in [7, 11) is 0. The van der Waals surface area contributed by atoms with E-state index in [2.05, 4.69) is 34.9 Å². The van der Waals surface area contributed by atoms with E-state index in [4.69, 9.17) is 4.74 Å². The summed E-state index contributed by atoms with van der Waals surface area (Å²) in [4.78, 5) is 17.6. The Balaban J connectivity index is 1.42. The third-order valence-electron chi connectivity index (χ3n) is 6.10. The molecule has 3 aliphatic heterocycles. The monoisotopic (exact) mass is 328 g/mol. The van der Waals surface area contributed by atoms with Crippen molar-refractivity contribution in [3.05, 3.63) is 35.4 Å². The van der Waals surface area contributed by atoms with Crippen LogP contribution in [-0.4, -0.2) is 54.0 Å². The highest BCUT2D eigenvalue weighted by molar-refractivity contribution is 5.77. The lowest BCUT2D eigenvalue weighted by Gasteiger charge is -2.32. The van der Waals surface area contributed by atoms with Crippen LogP contribution in [0.3, 0.4) is 0 Å². The molecule has 0 unspecified atom stereocenters. The number of amides is 1. The van der Waals surface area contributed by atoms with Crippen LogP contribution in [0.15, 0.2) is 24.3 Å². The summed E-state index contributed by atoms with van der Waals surface area (Å²) >= 11 is 0. The quantitative estimate of drug-likeness (QED) is 0.855. The molecule has 4 heteroatoms. The van der Waals surface area contributed by atoms with Crippen molar-refractivity contribution in [3.63, 3.8) is 0 Å². The van der Waals surface area contributed by atoms with Crippen LogP contribution in [-0.2, 0) is 16.0 Å². The van der Waals surface area contributed by atoms with Gasteiger partial charge in [-0.3, -0.25) is 9.69 Å². The molecule has 1 aromatic carbocycles. The second kappa shape index (κ2) is 6.85. The SMILES string of the molecule is C[C@@H]1[C@@H](N2CCCC2)CCN1C(=O)C[C@H]1OCCc2ccccc21. The van der Waals surface area contributed by atoms with Gasteiger partial charge in [-0.1, -0.05) is 24.3 Å². The van der Waals surface area contributed by atoms with E-state index in [1.165, 1.54) is 37.1 Å². The minimum absolute atomic E-state index is 0.0690. The summed E-state index contributed by atoms with van der Waals surface area (Å²) in [5.74, 6) is 0.255. The summed E-state index contributed by atoms with van der Waals surface area (Å²) in [6.45, 7) is 6.26. The fourth-order valence-corrected chi connectivity index (χ4v) is 4.76. The Labute approximate surface area is 144 Å². The molecular formula is C20H28N2O2. The molecule has 0 N–H and O–H groups in total. The normalized spacial score (nSPS) is 30.5. The summed E-state index contributed by atoms with van der Waals surface area (Å²) in [5.41, 5.74) is 2.55. The van der Waals surface area contributed by atoms with Crippen molar-refractivity contribution in [2.24, 2.45) is 0 Å². The summed E-state index contributed by atoms with van der Waals surface area (Å²) in [6, 6.07) is 9.29. The largest absolute Gasteiger partial charge is 0.373 e. The van der Waals surface area contributed by atoms with Crippen molar-refractivity contribution in [1.82, 2.24) is 9.80 Å². The fourth-order valence-electron chi connectivity index (χ4n) is 4.76. The number of carbonyl (C=O) groups is 1. The van der Waals surface area contributed by atoms with Crippen molar-refractivity contribution < 1.29 is 9.53 Å². The Bertz CT molecular complexity index is 597. The standard InChI is InChI=1S/C20H28N2O2/c1-15-18(21-10-4-5-11-21)8-12-22(15)20(23)14-19-17-7-3-2-6-16(17)9-13-24-19/h2-3,6-7,15,18-19H,4-5,8-14H2,1H3/t15-,18+,19-/m1/s1. The number of hydrogen-bond acceptors (Lipinski definition) is 3. The van der Waals surface area contributed by atoms with E-state index in [0.29, 0.717) is 18.5 Å². The highest BCUT2D eigenvalue weighted by Crippen LogP contribution is 2.32. The first-order valence-electron chi connectivity index (χ1n) is 9.47. The fraction of sp³-hybridized carbons (Fsp3) is 0.650. The van der Waals surface area contributed by atoms with E-state index < -0.39 is 0 Å². The van der Waals surface area contributed by atoms with Crippen LogP contribution in [0.4, 0.5) is 0 Å². The first kappa shape index (κ1) is 16.1. The number of hydrogen-bond donors (Lipinski definition) is 0. The second-order valence-corrected chi connectivity index (χ2v) is 7.44. The van der Waals surface area contributed by atoms with E-state index in [0.717, 1.165) is 26.0 Å². The maximum Gasteiger partial charge on any atom is 0.225 e. The molecule has 0 spiro atoms. The average molecular weight is 328 g/mol. The lowest BCUT2D eigenvalue weighted by molar-refractivity contribution is -0.135. The zero-order chi connectivity index (χ0) is 16.5. The lowest BCUT2D eigenvalue weighted by Crippen LogP contribution is -2.44. The van der Waals surface area contributed by atoms with Gasteiger partial charge in [-0.25, -0.2) is 0 Å². The molecule has 4 rings (SSSR count). The van der Waals surface area contributed by atoms with Crippen molar-refractivity contribution in [3.8, 4) is 0 Å². The van der Waals surface area contributed by atoms with Crippen LogP contribution in [0.5, 0.6) is 0 Å².